The second kappa shape index (κ2) is 6.71. The zero-order valence-electron chi connectivity index (χ0n) is 12.7. The normalized spacial score (nSPS) is 33.4. The van der Waals surface area contributed by atoms with Crippen LogP contribution in [0.2, 0.25) is 0 Å². The van der Waals surface area contributed by atoms with Crippen LogP contribution >= 0.6 is 0 Å². The van der Waals surface area contributed by atoms with Crippen molar-refractivity contribution in [1.29, 1.82) is 0 Å². The van der Waals surface area contributed by atoms with Gasteiger partial charge in [-0.2, -0.15) is 0 Å². The summed E-state index contributed by atoms with van der Waals surface area (Å²) in [4.78, 5) is 16.7. The highest BCUT2D eigenvalue weighted by atomic mass is 16.2. The van der Waals surface area contributed by atoms with Gasteiger partial charge in [0, 0.05) is 51.7 Å². The number of piperazine rings is 1. The summed E-state index contributed by atoms with van der Waals surface area (Å²) >= 11 is 0. The van der Waals surface area contributed by atoms with Crippen LogP contribution in [0.25, 0.3) is 0 Å². The molecule has 2 saturated heterocycles. The summed E-state index contributed by atoms with van der Waals surface area (Å²) in [5.74, 6) is 1.85. The van der Waals surface area contributed by atoms with E-state index in [-0.39, 0.29) is 0 Å². The van der Waals surface area contributed by atoms with Crippen molar-refractivity contribution >= 4 is 5.91 Å². The lowest BCUT2D eigenvalue weighted by molar-refractivity contribution is -0.132. The van der Waals surface area contributed by atoms with Gasteiger partial charge in [-0.3, -0.25) is 9.69 Å². The van der Waals surface area contributed by atoms with E-state index in [9.17, 15) is 4.79 Å². The summed E-state index contributed by atoms with van der Waals surface area (Å²) in [5.41, 5.74) is 0. The number of likely N-dealkylation sites (tertiary alicyclic amines) is 1. The zero-order valence-corrected chi connectivity index (χ0v) is 12.7. The zero-order chi connectivity index (χ0) is 13.8. The maximum absolute atomic E-state index is 12.2. The molecule has 0 aliphatic carbocycles. The third-order valence-corrected chi connectivity index (χ3v) is 4.80. The monoisotopic (exact) mass is 267 g/mol. The number of piperidine rings is 1. The van der Waals surface area contributed by atoms with Gasteiger partial charge in [0.2, 0.25) is 5.91 Å². The van der Waals surface area contributed by atoms with Gasteiger partial charge in [0.05, 0.1) is 0 Å². The van der Waals surface area contributed by atoms with E-state index in [1.807, 2.05) is 4.90 Å². The lowest BCUT2D eigenvalue weighted by atomic mass is 9.86. The second-order valence-corrected chi connectivity index (χ2v) is 6.43. The van der Waals surface area contributed by atoms with Crippen molar-refractivity contribution < 1.29 is 4.79 Å². The van der Waals surface area contributed by atoms with Crippen molar-refractivity contribution in [2.24, 2.45) is 11.8 Å². The van der Waals surface area contributed by atoms with Gasteiger partial charge in [0.25, 0.3) is 0 Å². The molecular weight excluding hydrogens is 238 g/mol. The Balaban J connectivity index is 1.78. The van der Waals surface area contributed by atoms with Crippen molar-refractivity contribution in [1.82, 2.24) is 15.1 Å². The minimum atomic E-state index is 0.333. The fourth-order valence-electron chi connectivity index (χ4n) is 3.44. The molecule has 2 rings (SSSR count). The number of carbonyl (C=O) groups excluding carboxylic acids is 1. The van der Waals surface area contributed by atoms with Gasteiger partial charge in [0.1, 0.15) is 0 Å². The van der Waals surface area contributed by atoms with E-state index in [4.69, 9.17) is 0 Å². The molecule has 3 unspecified atom stereocenters. The predicted octanol–water partition coefficient (Wildman–Crippen LogP) is 1.17. The average Bonchev–Trinajstić information content (AvgIpc) is 2.41. The van der Waals surface area contributed by atoms with Gasteiger partial charge in [-0.05, 0) is 25.2 Å². The van der Waals surface area contributed by atoms with Crippen LogP contribution in [-0.2, 0) is 4.79 Å². The van der Waals surface area contributed by atoms with Crippen molar-refractivity contribution in [2.75, 3.05) is 39.3 Å². The average molecular weight is 267 g/mol. The molecule has 1 amide bonds. The maximum Gasteiger partial charge on any atom is 0.223 e. The lowest BCUT2D eigenvalue weighted by Gasteiger charge is -2.41. The lowest BCUT2D eigenvalue weighted by Crippen LogP contribution is -2.49. The van der Waals surface area contributed by atoms with Crippen LogP contribution in [0.5, 0.6) is 0 Å². The van der Waals surface area contributed by atoms with Crippen LogP contribution in [0.3, 0.4) is 0 Å². The number of amides is 1. The van der Waals surface area contributed by atoms with Crippen LogP contribution in [0, 0.1) is 11.8 Å². The summed E-state index contributed by atoms with van der Waals surface area (Å²) < 4.78 is 0. The number of rotatable bonds is 3. The minimum absolute atomic E-state index is 0.333. The van der Waals surface area contributed by atoms with Crippen LogP contribution in [-0.4, -0.2) is 61.0 Å². The van der Waals surface area contributed by atoms with Gasteiger partial charge in [0.15, 0.2) is 0 Å². The molecule has 4 nitrogen and oxygen atoms in total. The topological polar surface area (TPSA) is 35.6 Å². The molecule has 0 aromatic carbocycles. The van der Waals surface area contributed by atoms with E-state index in [0.29, 0.717) is 18.4 Å². The van der Waals surface area contributed by atoms with Crippen molar-refractivity contribution in [2.45, 2.75) is 39.7 Å². The first-order valence-corrected chi connectivity index (χ1v) is 7.80. The summed E-state index contributed by atoms with van der Waals surface area (Å²) in [6.07, 6.45) is 2.01. The van der Waals surface area contributed by atoms with Gasteiger partial charge in [-0.25, -0.2) is 0 Å². The molecule has 0 radical (unpaired) electrons. The standard InChI is InChI=1S/C15H29N3O/c1-12-10-13(2)14(3)18(11-12)7-4-15(19)17-8-5-16-6-9-17/h12-14,16H,4-11H2,1-3H3. The Kier molecular flexibility index (Phi) is 5.22. The molecule has 1 N–H and O–H groups in total. The first-order valence-electron chi connectivity index (χ1n) is 7.80. The van der Waals surface area contributed by atoms with Crippen molar-refractivity contribution in [3.05, 3.63) is 0 Å². The number of carbonyl (C=O) groups is 1. The Morgan fingerprint density at radius 2 is 1.89 bits per heavy atom. The molecule has 2 heterocycles. The van der Waals surface area contributed by atoms with Gasteiger partial charge < -0.3 is 10.2 Å². The molecule has 2 aliphatic rings. The van der Waals surface area contributed by atoms with E-state index in [0.717, 1.165) is 51.1 Å². The minimum Gasteiger partial charge on any atom is -0.340 e. The van der Waals surface area contributed by atoms with E-state index in [1.165, 1.54) is 6.42 Å². The van der Waals surface area contributed by atoms with Gasteiger partial charge in [-0.15, -0.1) is 0 Å². The maximum atomic E-state index is 12.2. The number of hydrogen-bond donors (Lipinski definition) is 1. The molecule has 2 aliphatic heterocycles. The fraction of sp³-hybridized carbons (Fsp3) is 0.933. The first kappa shape index (κ1) is 14.8. The Hall–Kier alpha value is -0.610. The predicted molar refractivity (Wildman–Crippen MR) is 78.0 cm³/mol. The Bertz CT molecular complexity index is 302. The van der Waals surface area contributed by atoms with Crippen LogP contribution in [0.4, 0.5) is 0 Å². The Morgan fingerprint density at radius 3 is 2.58 bits per heavy atom. The SMILES string of the molecule is CC1CC(C)C(C)N(CCC(=O)N2CCNCC2)C1. The molecule has 110 valence electrons. The first-order chi connectivity index (χ1) is 9.08. The summed E-state index contributed by atoms with van der Waals surface area (Å²) in [5, 5.41) is 3.29. The molecule has 0 saturated carbocycles. The third kappa shape index (κ3) is 3.93. The molecule has 2 fully saturated rings. The van der Waals surface area contributed by atoms with Crippen LogP contribution < -0.4 is 5.32 Å². The van der Waals surface area contributed by atoms with Crippen molar-refractivity contribution in [3.63, 3.8) is 0 Å². The molecule has 3 atom stereocenters. The molecule has 19 heavy (non-hydrogen) atoms. The molecule has 4 heteroatoms. The van der Waals surface area contributed by atoms with E-state index in [1.54, 1.807) is 0 Å². The van der Waals surface area contributed by atoms with Gasteiger partial charge in [-0.1, -0.05) is 13.8 Å². The number of nitrogens with one attached hydrogen (secondary N) is 1. The molecule has 0 aromatic rings. The fourth-order valence-corrected chi connectivity index (χ4v) is 3.44. The van der Waals surface area contributed by atoms with Gasteiger partial charge >= 0.3 is 0 Å². The quantitative estimate of drug-likeness (QED) is 0.834. The smallest absolute Gasteiger partial charge is 0.223 e. The highest BCUT2D eigenvalue weighted by Gasteiger charge is 2.29. The summed E-state index contributed by atoms with van der Waals surface area (Å²) in [7, 11) is 0. The molecular formula is C15H29N3O. The van der Waals surface area contributed by atoms with Crippen LogP contribution in [0.15, 0.2) is 0 Å². The number of hydrogen-bond acceptors (Lipinski definition) is 3. The summed E-state index contributed by atoms with van der Waals surface area (Å²) in [6.45, 7) is 12.7. The molecule has 0 bridgehead atoms. The molecule has 0 aromatic heterocycles. The highest BCUT2D eigenvalue weighted by Crippen LogP contribution is 2.26. The van der Waals surface area contributed by atoms with E-state index < -0.39 is 0 Å². The number of nitrogens with zero attached hydrogens (tertiary/aromatic N) is 2. The summed E-state index contributed by atoms with van der Waals surface area (Å²) in [6, 6.07) is 0.618. The Morgan fingerprint density at radius 1 is 1.21 bits per heavy atom. The largest absolute Gasteiger partial charge is 0.340 e. The highest BCUT2D eigenvalue weighted by molar-refractivity contribution is 5.76. The van der Waals surface area contributed by atoms with E-state index >= 15 is 0 Å². The van der Waals surface area contributed by atoms with Crippen molar-refractivity contribution in [3.8, 4) is 0 Å². The Labute approximate surface area is 117 Å². The molecule has 0 spiro atoms. The third-order valence-electron chi connectivity index (χ3n) is 4.80. The second-order valence-electron chi connectivity index (χ2n) is 6.43. The van der Waals surface area contributed by atoms with E-state index in [2.05, 4.69) is 31.0 Å². The van der Waals surface area contributed by atoms with Crippen LogP contribution in [0.1, 0.15) is 33.6 Å².